The monoisotopic (exact) mass is 165 g/mol. The van der Waals surface area contributed by atoms with E-state index in [9.17, 15) is 0 Å². The molecule has 1 N–H and O–H groups in total. The van der Waals surface area contributed by atoms with Crippen LogP contribution < -0.4 is 5.32 Å². The first-order valence-electron chi connectivity index (χ1n) is 4.44. The highest BCUT2D eigenvalue weighted by Gasteiger charge is 1.88. The van der Waals surface area contributed by atoms with Crippen LogP contribution in [-0.2, 0) is 0 Å². The fraction of sp³-hybridized carbons (Fsp3) is 0.455. The first kappa shape index (κ1) is 11.2. The summed E-state index contributed by atoms with van der Waals surface area (Å²) in [5.41, 5.74) is 1.33. The number of nitrogens with one attached hydrogen (secondary N) is 1. The predicted molar refractivity (Wildman–Crippen MR) is 56.3 cm³/mol. The van der Waals surface area contributed by atoms with Crippen molar-refractivity contribution >= 4 is 0 Å². The number of hydrogen-bond donors (Lipinski definition) is 1. The maximum absolute atomic E-state index is 3.67. The molecule has 0 saturated heterocycles. The molecule has 0 heterocycles. The lowest BCUT2D eigenvalue weighted by atomic mass is 10.2. The van der Waals surface area contributed by atoms with Gasteiger partial charge < -0.3 is 5.32 Å². The molecule has 1 heteroatoms. The van der Waals surface area contributed by atoms with Gasteiger partial charge in [0, 0.05) is 6.54 Å². The fourth-order valence-corrected chi connectivity index (χ4v) is 0.908. The molecule has 0 unspecified atom stereocenters. The van der Waals surface area contributed by atoms with Crippen molar-refractivity contribution in [3.05, 3.63) is 36.5 Å². The van der Waals surface area contributed by atoms with Gasteiger partial charge in [-0.2, -0.15) is 0 Å². The van der Waals surface area contributed by atoms with Crippen LogP contribution >= 0.6 is 0 Å². The van der Waals surface area contributed by atoms with Gasteiger partial charge in [0.25, 0.3) is 0 Å². The van der Waals surface area contributed by atoms with E-state index in [0.29, 0.717) is 0 Å². The molecular weight excluding hydrogens is 146 g/mol. The summed E-state index contributed by atoms with van der Waals surface area (Å²) in [4.78, 5) is 0. The third kappa shape index (κ3) is 5.93. The van der Waals surface area contributed by atoms with Crippen molar-refractivity contribution in [2.75, 3.05) is 13.1 Å². The molecule has 0 aromatic rings. The van der Waals surface area contributed by atoms with Crippen molar-refractivity contribution in [1.29, 1.82) is 0 Å². The Labute approximate surface area is 75.9 Å². The van der Waals surface area contributed by atoms with E-state index in [1.54, 1.807) is 0 Å². The second-order valence-electron chi connectivity index (χ2n) is 2.62. The number of hydrogen-bond acceptors (Lipinski definition) is 1. The van der Waals surface area contributed by atoms with Gasteiger partial charge in [-0.05, 0) is 32.4 Å². The molecule has 0 bridgehead atoms. The normalized spacial score (nSPS) is 12.3. The molecule has 1 nitrogen and oxygen atoms in total. The van der Waals surface area contributed by atoms with Gasteiger partial charge in [-0.15, -0.1) is 6.58 Å². The number of rotatable bonds is 6. The van der Waals surface area contributed by atoms with E-state index < -0.39 is 0 Å². The van der Waals surface area contributed by atoms with Crippen LogP contribution in [0.5, 0.6) is 0 Å². The van der Waals surface area contributed by atoms with Gasteiger partial charge >= 0.3 is 0 Å². The highest BCUT2D eigenvalue weighted by atomic mass is 14.8. The van der Waals surface area contributed by atoms with Crippen molar-refractivity contribution in [2.24, 2.45) is 0 Å². The SMILES string of the molecule is C=CCCNCC(/C=C\C)=C/C. The van der Waals surface area contributed by atoms with E-state index >= 15 is 0 Å². The molecular formula is C11H19N. The lowest BCUT2D eigenvalue weighted by Crippen LogP contribution is -2.17. The molecule has 68 valence electrons. The Morgan fingerprint density at radius 1 is 1.42 bits per heavy atom. The molecule has 0 aromatic heterocycles. The van der Waals surface area contributed by atoms with Gasteiger partial charge in [0.1, 0.15) is 0 Å². The highest BCUT2D eigenvalue weighted by Crippen LogP contribution is 1.94. The minimum Gasteiger partial charge on any atom is -0.312 e. The Morgan fingerprint density at radius 2 is 2.17 bits per heavy atom. The average Bonchev–Trinajstić information content (AvgIpc) is 2.10. The molecule has 0 atom stereocenters. The standard InChI is InChI=1S/C11H19N/c1-4-7-9-12-10-11(6-3)8-5-2/h4-6,8,12H,1,7,9-10H2,2-3H3/b8-5-,11-6+. The molecule has 0 fully saturated rings. The highest BCUT2D eigenvalue weighted by molar-refractivity contribution is 5.18. The molecule has 0 spiro atoms. The molecule has 0 radical (unpaired) electrons. The van der Waals surface area contributed by atoms with Crippen LogP contribution in [0.2, 0.25) is 0 Å². The van der Waals surface area contributed by atoms with E-state index in [1.165, 1.54) is 5.57 Å². The molecule has 0 aliphatic rings. The minimum atomic E-state index is 0.953. The summed E-state index contributed by atoms with van der Waals surface area (Å²) < 4.78 is 0. The van der Waals surface area contributed by atoms with Crippen LogP contribution in [0.15, 0.2) is 36.5 Å². The van der Waals surface area contributed by atoms with Crippen molar-refractivity contribution in [3.8, 4) is 0 Å². The van der Waals surface area contributed by atoms with Crippen LogP contribution in [0.3, 0.4) is 0 Å². The summed E-state index contributed by atoms with van der Waals surface area (Å²) in [6.45, 7) is 9.73. The van der Waals surface area contributed by atoms with Crippen LogP contribution in [0.4, 0.5) is 0 Å². The van der Waals surface area contributed by atoms with Gasteiger partial charge in [-0.1, -0.05) is 24.3 Å². The van der Waals surface area contributed by atoms with Gasteiger partial charge in [-0.3, -0.25) is 0 Å². The van der Waals surface area contributed by atoms with Gasteiger partial charge in [0.05, 0.1) is 0 Å². The van der Waals surface area contributed by atoms with Gasteiger partial charge in [-0.25, -0.2) is 0 Å². The first-order chi connectivity index (χ1) is 5.85. The Bertz CT molecular complexity index is 166. The van der Waals surface area contributed by atoms with Crippen LogP contribution in [0.1, 0.15) is 20.3 Å². The second-order valence-corrected chi connectivity index (χ2v) is 2.62. The zero-order chi connectivity index (χ0) is 9.23. The average molecular weight is 165 g/mol. The van der Waals surface area contributed by atoms with E-state index in [2.05, 4.69) is 37.0 Å². The summed E-state index contributed by atoms with van der Waals surface area (Å²) in [5.74, 6) is 0. The summed E-state index contributed by atoms with van der Waals surface area (Å²) in [6, 6.07) is 0. The van der Waals surface area contributed by atoms with Crippen LogP contribution in [-0.4, -0.2) is 13.1 Å². The maximum Gasteiger partial charge on any atom is 0.0202 e. The molecule has 0 rings (SSSR count). The topological polar surface area (TPSA) is 12.0 Å². The third-order valence-corrected chi connectivity index (χ3v) is 1.61. The van der Waals surface area contributed by atoms with Gasteiger partial charge in [0.15, 0.2) is 0 Å². The summed E-state index contributed by atoms with van der Waals surface area (Å²) >= 11 is 0. The Kier molecular flexibility index (Phi) is 7.71. The van der Waals surface area contributed by atoms with Crippen molar-refractivity contribution in [1.82, 2.24) is 5.32 Å². The van der Waals surface area contributed by atoms with Crippen LogP contribution in [0.25, 0.3) is 0 Å². The largest absolute Gasteiger partial charge is 0.312 e. The smallest absolute Gasteiger partial charge is 0.0202 e. The number of allylic oxidation sites excluding steroid dienone is 2. The molecule has 0 aliphatic carbocycles. The summed E-state index contributed by atoms with van der Waals surface area (Å²) in [5, 5.41) is 3.33. The zero-order valence-corrected chi connectivity index (χ0v) is 8.14. The fourth-order valence-electron chi connectivity index (χ4n) is 0.908. The molecule has 0 amide bonds. The zero-order valence-electron chi connectivity index (χ0n) is 8.14. The van der Waals surface area contributed by atoms with E-state index in [4.69, 9.17) is 0 Å². The van der Waals surface area contributed by atoms with Crippen molar-refractivity contribution in [2.45, 2.75) is 20.3 Å². The second kappa shape index (κ2) is 8.28. The maximum atomic E-state index is 3.67. The Balaban J connectivity index is 3.52. The lowest BCUT2D eigenvalue weighted by Gasteiger charge is -2.02. The minimum absolute atomic E-state index is 0.953. The quantitative estimate of drug-likeness (QED) is 0.362. The molecule has 12 heavy (non-hydrogen) atoms. The van der Waals surface area contributed by atoms with E-state index in [1.807, 2.05) is 13.0 Å². The lowest BCUT2D eigenvalue weighted by molar-refractivity contribution is 0.745. The van der Waals surface area contributed by atoms with E-state index in [-0.39, 0.29) is 0 Å². The molecule has 0 aliphatic heterocycles. The third-order valence-electron chi connectivity index (χ3n) is 1.61. The Hall–Kier alpha value is -0.820. The Morgan fingerprint density at radius 3 is 2.67 bits per heavy atom. The summed E-state index contributed by atoms with van der Waals surface area (Å²) in [6.07, 6.45) is 9.27. The first-order valence-corrected chi connectivity index (χ1v) is 4.44. The van der Waals surface area contributed by atoms with E-state index in [0.717, 1.165) is 19.5 Å². The molecule has 0 saturated carbocycles. The molecule has 0 aromatic carbocycles. The van der Waals surface area contributed by atoms with Gasteiger partial charge in [0.2, 0.25) is 0 Å². The van der Waals surface area contributed by atoms with Crippen molar-refractivity contribution < 1.29 is 0 Å². The van der Waals surface area contributed by atoms with Crippen molar-refractivity contribution in [3.63, 3.8) is 0 Å². The predicted octanol–water partition coefficient (Wildman–Crippen LogP) is 2.67. The van der Waals surface area contributed by atoms with Crippen LogP contribution in [0, 0.1) is 0 Å². The summed E-state index contributed by atoms with van der Waals surface area (Å²) in [7, 11) is 0.